The third-order valence-electron chi connectivity index (χ3n) is 5.16. The molecule has 25 heavy (non-hydrogen) atoms. The number of carbonyl (C=O) groups excluding carboxylic acids is 1. The Bertz CT molecular complexity index is 577. The summed E-state index contributed by atoms with van der Waals surface area (Å²) in [6.45, 7) is 8.08. The first-order valence-electron chi connectivity index (χ1n) is 9.59. The molecule has 0 radical (unpaired) electrons. The summed E-state index contributed by atoms with van der Waals surface area (Å²) < 4.78 is 6.06. The summed E-state index contributed by atoms with van der Waals surface area (Å²) in [6.07, 6.45) is 8.61. The van der Waals surface area contributed by atoms with Crippen LogP contribution in [0.2, 0.25) is 0 Å². The molecule has 1 amide bonds. The molecule has 6 heteroatoms. The van der Waals surface area contributed by atoms with Gasteiger partial charge in [-0.2, -0.15) is 0 Å². The van der Waals surface area contributed by atoms with Crippen molar-refractivity contribution in [2.45, 2.75) is 58.5 Å². The predicted octanol–water partition coefficient (Wildman–Crippen LogP) is 2.34. The van der Waals surface area contributed by atoms with Crippen molar-refractivity contribution in [1.82, 2.24) is 19.8 Å². The lowest BCUT2D eigenvalue weighted by molar-refractivity contribution is -0.132. The van der Waals surface area contributed by atoms with Gasteiger partial charge in [-0.25, -0.2) is 4.98 Å². The van der Waals surface area contributed by atoms with Crippen LogP contribution in [0.1, 0.15) is 49.9 Å². The number of hydrogen-bond acceptors (Lipinski definition) is 5. The molecule has 3 heterocycles. The minimum Gasteiger partial charge on any atom is -0.473 e. The SMILES string of the molecule is Cc1cnc(C)c(OC2CCN(CC(=O)N3CCCCCC3)CC2)n1. The largest absolute Gasteiger partial charge is 0.473 e. The van der Waals surface area contributed by atoms with Gasteiger partial charge >= 0.3 is 0 Å². The lowest BCUT2D eigenvalue weighted by Crippen LogP contribution is -2.45. The van der Waals surface area contributed by atoms with E-state index >= 15 is 0 Å². The smallest absolute Gasteiger partial charge is 0.236 e. The molecule has 2 saturated heterocycles. The fraction of sp³-hybridized carbons (Fsp3) is 0.737. The molecule has 2 aliphatic heterocycles. The summed E-state index contributed by atoms with van der Waals surface area (Å²) in [4.78, 5) is 25.6. The molecule has 0 atom stereocenters. The number of hydrogen-bond donors (Lipinski definition) is 0. The molecule has 2 fully saturated rings. The minimum atomic E-state index is 0.166. The average Bonchev–Trinajstić information content (AvgIpc) is 2.89. The Labute approximate surface area is 150 Å². The number of ether oxygens (including phenoxy) is 1. The monoisotopic (exact) mass is 346 g/mol. The fourth-order valence-electron chi connectivity index (χ4n) is 3.58. The van der Waals surface area contributed by atoms with Crippen LogP contribution in [0, 0.1) is 13.8 Å². The van der Waals surface area contributed by atoms with Crippen LogP contribution < -0.4 is 4.74 Å². The number of amides is 1. The van der Waals surface area contributed by atoms with Crippen LogP contribution in [-0.2, 0) is 4.79 Å². The molecule has 0 spiro atoms. The molecule has 6 nitrogen and oxygen atoms in total. The van der Waals surface area contributed by atoms with Crippen molar-refractivity contribution < 1.29 is 9.53 Å². The summed E-state index contributed by atoms with van der Waals surface area (Å²) >= 11 is 0. The van der Waals surface area contributed by atoms with E-state index in [1.807, 2.05) is 13.8 Å². The van der Waals surface area contributed by atoms with Crippen LogP contribution in [0.4, 0.5) is 0 Å². The van der Waals surface area contributed by atoms with Crippen LogP contribution in [0.15, 0.2) is 6.20 Å². The van der Waals surface area contributed by atoms with Crippen molar-refractivity contribution in [3.05, 3.63) is 17.6 Å². The fourth-order valence-corrected chi connectivity index (χ4v) is 3.58. The van der Waals surface area contributed by atoms with Gasteiger partial charge in [-0.3, -0.25) is 14.7 Å². The van der Waals surface area contributed by atoms with Gasteiger partial charge in [-0.05, 0) is 39.5 Å². The molecule has 0 bridgehead atoms. The highest BCUT2D eigenvalue weighted by molar-refractivity contribution is 5.78. The molecule has 0 aliphatic carbocycles. The van der Waals surface area contributed by atoms with E-state index in [1.54, 1.807) is 6.20 Å². The number of nitrogens with zero attached hydrogens (tertiary/aromatic N) is 4. The number of aryl methyl sites for hydroxylation is 2. The van der Waals surface area contributed by atoms with Gasteiger partial charge in [0.05, 0.1) is 17.9 Å². The predicted molar refractivity (Wildman–Crippen MR) is 96.6 cm³/mol. The molecule has 0 unspecified atom stereocenters. The number of piperidine rings is 1. The van der Waals surface area contributed by atoms with Gasteiger partial charge in [-0.15, -0.1) is 0 Å². The molecule has 0 aromatic carbocycles. The molecule has 1 aromatic heterocycles. The van der Waals surface area contributed by atoms with E-state index in [-0.39, 0.29) is 6.10 Å². The second kappa shape index (κ2) is 8.61. The number of carbonyl (C=O) groups is 1. The summed E-state index contributed by atoms with van der Waals surface area (Å²) in [7, 11) is 0. The van der Waals surface area contributed by atoms with E-state index in [4.69, 9.17) is 4.74 Å². The minimum absolute atomic E-state index is 0.166. The Balaban J connectivity index is 1.45. The Morgan fingerprint density at radius 1 is 1.12 bits per heavy atom. The van der Waals surface area contributed by atoms with Gasteiger partial charge in [-0.1, -0.05) is 12.8 Å². The van der Waals surface area contributed by atoms with Gasteiger partial charge in [0.2, 0.25) is 11.8 Å². The number of aromatic nitrogens is 2. The molecule has 0 N–H and O–H groups in total. The molecular formula is C19H30N4O2. The summed E-state index contributed by atoms with van der Waals surface area (Å²) in [5, 5.41) is 0. The molecule has 3 rings (SSSR count). The van der Waals surface area contributed by atoms with Crippen LogP contribution in [0.5, 0.6) is 5.88 Å². The van der Waals surface area contributed by atoms with E-state index in [1.165, 1.54) is 12.8 Å². The zero-order valence-corrected chi connectivity index (χ0v) is 15.5. The van der Waals surface area contributed by atoms with E-state index in [2.05, 4.69) is 19.8 Å². The van der Waals surface area contributed by atoms with Crippen molar-refractivity contribution in [2.24, 2.45) is 0 Å². The first-order valence-corrected chi connectivity index (χ1v) is 9.59. The maximum absolute atomic E-state index is 12.5. The Morgan fingerprint density at radius 3 is 2.48 bits per heavy atom. The summed E-state index contributed by atoms with van der Waals surface area (Å²) in [5.74, 6) is 0.945. The highest BCUT2D eigenvalue weighted by atomic mass is 16.5. The lowest BCUT2D eigenvalue weighted by atomic mass is 10.1. The Hall–Kier alpha value is -1.69. The summed E-state index contributed by atoms with van der Waals surface area (Å²) in [6, 6.07) is 0. The van der Waals surface area contributed by atoms with Crippen molar-refractivity contribution in [3.63, 3.8) is 0 Å². The van der Waals surface area contributed by atoms with Crippen molar-refractivity contribution in [1.29, 1.82) is 0 Å². The molecular weight excluding hydrogens is 316 g/mol. The maximum Gasteiger partial charge on any atom is 0.236 e. The quantitative estimate of drug-likeness (QED) is 0.837. The molecule has 1 aromatic rings. The Morgan fingerprint density at radius 2 is 1.80 bits per heavy atom. The molecule has 2 aliphatic rings. The summed E-state index contributed by atoms with van der Waals surface area (Å²) in [5.41, 5.74) is 1.71. The second-order valence-electron chi connectivity index (χ2n) is 7.29. The lowest BCUT2D eigenvalue weighted by Gasteiger charge is -2.33. The average molecular weight is 346 g/mol. The third-order valence-corrected chi connectivity index (χ3v) is 5.16. The van der Waals surface area contributed by atoms with Crippen molar-refractivity contribution >= 4 is 5.91 Å². The van der Waals surface area contributed by atoms with Crippen LogP contribution in [0.3, 0.4) is 0 Å². The van der Waals surface area contributed by atoms with Gasteiger partial charge in [0.15, 0.2) is 0 Å². The zero-order chi connectivity index (χ0) is 17.6. The standard InChI is InChI=1S/C19H30N4O2/c1-15-13-20-16(2)19(21-15)25-17-7-11-22(12-8-17)14-18(24)23-9-5-3-4-6-10-23/h13,17H,3-12,14H2,1-2H3. The highest BCUT2D eigenvalue weighted by Crippen LogP contribution is 2.20. The number of likely N-dealkylation sites (tertiary alicyclic amines) is 2. The van der Waals surface area contributed by atoms with Gasteiger partial charge in [0.1, 0.15) is 6.10 Å². The highest BCUT2D eigenvalue weighted by Gasteiger charge is 2.25. The van der Waals surface area contributed by atoms with Gasteiger partial charge < -0.3 is 9.64 Å². The molecule has 138 valence electrons. The topological polar surface area (TPSA) is 58.6 Å². The van der Waals surface area contributed by atoms with Crippen LogP contribution >= 0.6 is 0 Å². The van der Waals surface area contributed by atoms with E-state index in [0.717, 1.165) is 63.3 Å². The van der Waals surface area contributed by atoms with E-state index in [9.17, 15) is 4.79 Å². The van der Waals surface area contributed by atoms with Crippen LogP contribution in [-0.4, -0.2) is 64.5 Å². The van der Waals surface area contributed by atoms with Crippen LogP contribution in [0.25, 0.3) is 0 Å². The maximum atomic E-state index is 12.5. The van der Waals surface area contributed by atoms with Crippen molar-refractivity contribution in [3.8, 4) is 5.88 Å². The van der Waals surface area contributed by atoms with Gasteiger partial charge in [0.25, 0.3) is 0 Å². The van der Waals surface area contributed by atoms with E-state index < -0.39 is 0 Å². The first kappa shape index (κ1) is 18.1. The Kier molecular flexibility index (Phi) is 6.24. The molecule has 0 saturated carbocycles. The first-order chi connectivity index (χ1) is 12.1. The zero-order valence-electron chi connectivity index (χ0n) is 15.5. The van der Waals surface area contributed by atoms with E-state index in [0.29, 0.717) is 18.3 Å². The number of rotatable bonds is 4. The second-order valence-corrected chi connectivity index (χ2v) is 7.29. The normalized spacial score (nSPS) is 20.3. The van der Waals surface area contributed by atoms with Crippen molar-refractivity contribution in [2.75, 3.05) is 32.7 Å². The van der Waals surface area contributed by atoms with Gasteiger partial charge in [0, 0.05) is 32.4 Å². The third kappa shape index (κ3) is 5.14.